The summed E-state index contributed by atoms with van der Waals surface area (Å²) in [6, 6.07) is 10.2. The van der Waals surface area contributed by atoms with Crippen LogP contribution >= 0.6 is 34.8 Å². The summed E-state index contributed by atoms with van der Waals surface area (Å²) in [6.07, 6.45) is 1.21. The van der Waals surface area contributed by atoms with Gasteiger partial charge in [0.25, 0.3) is 0 Å². The molecule has 1 nitrogen and oxygen atoms in total. The van der Waals surface area contributed by atoms with Crippen molar-refractivity contribution in [2.75, 3.05) is 0 Å². The van der Waals surface area contributed by atoms with Gasteiger partial charge in [-0.3, -0.25) is 0 Å². The molecule has 0 aliphatic heterocycles. The van der Waals surface area contributed by atoms with Crippen molar-refractivity contribution in [2.45, 2.75) is 42.4 Å². The Morgan fingerprint density at radius 1 is 1.11 bits per heavy atom. The first kappa shape index (κ1) is 16.3. The Bertz CT molecular complexity index is 357. The molecule has 0 fully saturated rings. The average Bonchev–Trinajstić information content (AvgIpc) is 2.22. The van der Waals surface area contributed by atoms with Crippen LogP contribution in [0.1, 0.15) is 12.0 Å². The Labute approximate surface area is 126 Å². The summed E-state index contributed by atoms with van der Waals surface area (Å²) < 4.78 is 4.60. The smallest absolute Gasteiger partial charge is 0.215 e. The highest BCUT2D eigenvalue weighted by Gasteiger charge is 2.36. The molecule has 0 aliphatic carbocycles. The van der Waals surface area contributed by atoms with Crippen molar-refractivity contribution in [3.8, 4) is 0 Å². The molecule has 0 amide bonds. The molecule has 0 unspecified atom stereocenters. The second-order valence-electron chi connectivity index (χ2n) is 5.28. The number of alkyl halides is 3. The van der Waals surface area contributed by atoms with Crippen LogP contribution in [0.3, 0.4) is 0 Å². The summed E-state index contributed by atoms with van der Waals surface area (Å²) in [5, 5.41) is 0. The molecule has 0 spiro atoms. The molecule has 1 aromatic rings. The van der Waals surface area contributed by atoms with E-state index in [0.717, 1.165) is 6.42 Å². The second-order valence-corrected chi connectivity index (χ2v) is 12.1. The van der Waals surface area contributed by atoms with E-state index in [1.807, 2.05) is 18.2 Å². The third-order valence-electron chi connectivity index (χ3n) is 2.40. The van der Waals surface area contributed by atoms with Crippen LogP contribution in [0, 0.1) is 0 Å². The Morgan fingerprint density at radius 2 is 1.67 bits per heavy atom. The summed E-state index contributed by atoms with van der Waals surface area (Å²) in [5.41, 5.74) is 1.23. The molecule has 1 atom stereocenters. The molecule has 0 radical (unpaired) electrons. The molecule has 1 rings (SSSR count). The predicted octanol–water partition coefficient (Wildman–Crippen LogP) is 5.21. The number of hydrogen-bond donors (Lipinski definition) is 0. The molecule has 1 aromatic carbocycles. The summed E-state index contributed by atoms with van der Waals surface area (Å²) >= 11 is 18.0. The van der Waals surface area contributed by atoms with E-state index in [1.165, 1.54) is 5.56 Å². The van der Waals surface area contributed by atoms with Crippen molar-refractivity contribution in [3.05, 3.63) is 35.9 Å². The minimum atomic E-state index is -1.72. The standard InChI is InChI=1S/C13H19Cl3OSi/c1-18(2,3)17-12(13(14,15)16)10-9-11-7-5-4-6-8-11/h4-8,12H,9-10H2,1-3H3/t12-/m1/s1. The molecule has 0 N–H and O–H groups in total. The van der Waals surface area contributed by atoms with Gasteiger partial charge >= 0.3 is 0 Å². The van der Waals surface area contributed by atoms with Crippen LogP contribution in [0.5, 0.6) is 0 Å². The first-order valence-electron chi connectivity index (χ1n) is 5.97. The molecule has 0 aliphatic rings. The maximum absolute atomic E-state index is 6.00. The predicted molar refractivity (Wildman–Crippen MR) is 83.3 cm³/mol. The summed E-state index contributed by atoms with van der Waals surface area (Å²) in [4.78, 5) is 0. The lowest BCUT2D eigenvalue weighted by Crippen LogP contribution is -2.39. The van der Waals surface area contributed by atoms with E-state index in [9.17, 15) is 0 Å². The van der Waals surface area contributed by atoms with E-state index in [0.29, 0.717) is 6.42 Å². The van der Waals surface area contributed by atoms with E-state index >= 15 is 0 Å². The molecule has 0 saturated carbocycles. The van der Waals surface area contributed by atoms with E-state index in [4.69, 9.17) is 39.2 Å². The van der Waals surface area contributed by atoms with Crippen LogP contribution in [0.15, 0.2) is 30.3 Å². The normalized spacial score (nSPS) is 14.6. The van der Waals surface area contributed by atoms with Crippen LogP contribution in [-0.4, -0.2) is 18.2 Å². The molecule has 18 heavy (non-hydrogen) atoms. The number of halogens is 3. The first-order valence-corrected chi connectivity index (χ1v) is 10.5. The van der Waals surface area contributed by atoms with Gasteiger partial charge in [-0.1, -0.05) is 65.1 Å². The van der Waals surface area contributed by atoms with Crippen molar-refractivity contribution in [3.63, 3.8) is 0 Å². The van der Waals surface area contributed by atoms with Gasteiger partial charge in [-0.2, -0.15) is 0 Å². The van der Waals surface area contributed by atoms with E-state index in [2.05, 4.69) is 31.8 Å². The summed E-state index contributed by atoms with van der Waals surface area (Å²) in [7, 11) is -1.72. The Balaban J connectivity index is 2.63. The van der Waals surface area contributed by atoms with Crippen molar-refractivity contribution in [2.24, 2.45) is 0 Å². The van der Waals surface area contributed by atoms with Crippen LogP contribution in [0.2, 0.25) is 19.6 Å². The molecule has 0 aromatic heterocycles. The fraction of sp³-hybridized carbons (Fsp3) is 0.538. The summed E-state index contributed by atoms with van der Waals surface area (Å²) in [5.74, 6) is 0. The Hall–Kier alpha value is 0.267. The lowest BCUT2D eigenvalue weighted by atomic mass is 10.1. The second kappa shape index (κ2) is 6.62. The van der Waals surface area contributed by atoms with E-state index in [-0.39, 0.29) is 6.10 Å². The molecular formula is C13H19Cl3OSi. The highest BCUT2D eigenvalue weighted by atomic mass is 35.6. The van der Waals surface area contributed by atoms with Crippen LogP contribution in [0.25, 0.3) is 0 Å². The van der Waals surface area contributed by atoms with E-state index < -0.39 is 12.1 Å². The maximum atomic E-state index is 6.00. The third-order valence-corrected chi connectivity index (χ3v) is 4.12. The molecule has 0 saturated heterocycles. The zero-order valence-corrected chi connectivity index (χ0v) is 14.2. The molecule has 5 heteroatoms. The first-order chi connectivity index (χ1) is 8.18. The zero-order valence-electron chi connectivity index (χ0n) is 10.9. The van der Waals surface area contributed by atoms with Crippen molar-refractivity contribution >= 4 is 43.1 Å². The van der Waals surface area contributed by atoms with Gasteiger partial charge in [0.15, 0.2) is 8.32 Å². The molecule has 0 bridgehead atoms. The van der Waals surface area contributed by atoms with Gasteiger partial charge in [-0.25, -0.2) is 0 Å². The number of benzene rings is 1. The topological polar surface area (TPSA) is 9.23 Å². The number of hydrogen-bond acceptors (Lipinski definition) is 1. The fourth-order valence-electron chi connectivity index (χ4n) is 1.66. The molecule has 0 heterocycles. The van der Waals surface area contributed by atoms with Gasteiger partial charge in [0, 0.05) is 0 Å². The maximum Gasteiger partial charge on any atom is 0.215 e. The Morgan fingerprint density at radius 3 is 2.11 bits per heavy atom. The minimum Gasteiger partial charge on any atom is -0.410 e. The van der Waals surface area contributed by atoms with Crippen LogP contribution < -0.4 is 0 Å². The molecular weight excluding hydrogens is 307 g/mol. The monoisotopic (exact) mass is 324 g/mol. The number of rotatable bonds is 5. The summed E-state index contributed by atoms with van der Waals surface area (Å²) in [6.45, 7) is 6.29. The lowest BCUT2D eigenvalue weighted by molar-refractivity contribution is 0.188. The van der Waals surface area contributed by atoms with Gasteiger partial charge in [0.05, 0.1) is 6.10 Å². The van der Waals surface area contributed by atoms with Crippen LogP contribution in [-0.2, 0) is 10.8 Å². The zero-order chi connectivity index (χ0) is 13.8. The van der Waals surface area contributed by atoms with Crippen LogP contribution in [0.4, 0.5) is 0 Å². The average molecular weight is 326 g/mol. The van der Waals surface area contributed by atoms with Gasteiger partial charge in [-0.05, 0) is 38.0 Å². The van der Waals surface area contributed by atoms with Gasteiger partial charge in [0.1, 0.15) is 0 Å². The largest absolute Gasteiger partial charge is 0.410 e. The third kappa shape index (κ3) is 6.44. The highest BCUT2D eigenvalue weighted by molar-refractivity contribution is 6.71. The lowest BCUT2D eigenvalue weighted by Gasteiger charge is -2.31. The van der Waals surface area contributed by atoms with E-state index in [1.54, 1.807) is 0 Å². The van der Waals surface area contributed by atoms with Crippen molar-refractivity contribution < 1.29 is 4.43 Å². The Kier molecular flexibility index (Phi) is 6.00. The van der Waals surface area contributed by atoms with Gasteiger partial charge < -0.3 is 4.43 Å². The fourth-order valence-corrected chi connectivity index (χ4v) is 3.49. The molecule has 102 valence electrons. The minimum absolute atomic E-state index is 0.352. The van der Waals surface area contributed by atoms with Gasteiger partial charge in [-0.15, -0.1) is 0 Å². The quantitative estimate of drug-likeness (QED) is 0.533. The number of aryl methyl sites for hydroxylation is 1. The van der Waals surface area contributed by atoms with Crippen molar-refractivity contribution in [1.82, 2.24) is 0 Å². The highest BCUT2D eigenvalue weighted by Crippen LogP contribution is 2.36. The van der Waals surface area contributed by atoms with Gasteiger partial charge in [0.2, 0.25) is 3.79 Å². The SMILES string of the molecule is C[Si](C)(C)O[C@H](CCc1ccccc1)C(Cl)(Cl)Cl. The van der Waals surface area contributed by atoms with Crippen molar-refractivity contribution in [1.29, 1.82) is 0 Å².